The molecule has 0 amide bonds. The Morgan fingerprint density at radius 2 is 2.03 bits per heavy atom. The summed E-state index contributed by atoms with van der Waals surface area (Å²) in [6.07, 6.45) is 1.40. The van der Waals surface area contributed by atoms with Gasteiger partial charge in [-0.15, -0.1) is 0 Å². The molecule has 6 atom stereocenters. The summed E-state index contributed by atoms with van der Waals surface area (Å²) in [5.74, 6) is -3.55. The van der Waals surface area contributed by atoms with Gasteiger partial charge in [0, 0.05) is 37.4 Å². The van der Waals surface area contributed by atoms with E-state index in [1.54, 1.807) is 12.1 Å². The van der Waals surface area contributed by atoms with Gasteiger partial charge < -0.3 is 24.7 Å². The summed E-state index contributed by atoms with van der Waals surface area (Å²) in [6.45, 7) is 3.25. The molecule has 2 aliphatic carbocycles. The van der Waals surface area contributed by atoms with Crippen LogP contribution in [0.4, 0.5) is 0 Å². The van der Waals surface area contributed by atoms with E-state index in [0.717, 1.165) is 11.3 Å². The number of benzene rings is 1. The average Bonchev–Trinajstić information content (AvgIpc) is 3.36. The van der Waals surface area contributed by atoms with Crippen LogP contribution in [0.5, 0.6) is 5.75 Å². The molecule has 6 unspecified atom stereocenters. The van der Waals surface area contributed by atoms with Crippen molar-refractivity contribution in [1.82, 2.24) is 0 Å². The number of carbonyl (C=O) groups excluding carboxylic acids is 3. The van der Waals surface area contributed by atoms with Crippen molar-refractivity contribution in [3.63, 3.8) is 0 Å². The number of rotatable bonds is 4. The largest absolute Gasteiger partial charge is 0.483 e. The Balaban J connectivity index is 0.00000205. The van der Waals surface area contributed by atoms with Crippen molar-refractivity contribution < 1.29 is 52.5 Å². The maximum Gasteiger partial charge on any atom is 0.396 e. The first-order chi connectivity index (χ1) is 13.5. The van der Waals surface area contributed by atoms with Gasteiger partial charge >= 0.3 is 16.9 Å². The fraction of sp³-hybridized carbons (Fsp3) is 0.368. The fourth-order valence-electron chi connectivity index (χ4n) is 4.73. The Bertz CT molecular complexity index is 1090. The van der Waals surface area contributed by atoms with Gasteiger partial charge in [0.2, 0.25) is 0 Å². The average molecular weight is 504 g/mol. The minimum Gasteiger partial charge on any atom is -0.483 e. The normalized spacial score (nSPS) is 31.2. The SMILES string of the molecule is C=[C-]C(=O)OC1C2CC3C1OC(=O)C3C2C(=O)Oc1ccc2sc(=O)oc2c1.[Rh]. The van der Waals surface area contributed by atoms with Gasteiger partial charge in [0.25, 0.3) is 0 Å². The Morgan fingerprint density at radius 3 is 2.79 bits per heavy atom. The molecule has 1 aromatic heterocycles. The van der Waals surface area contributed by atoms with E-state index in [1.807, 2.05) is 0 Å². The number of carbonyl (C=O) groups is 3. The van der Waals surface area contributed by atoms with E-state index < -0.39 is 46.9 Å². The second-order valence-electron chi connectivity index (χ2n) is 7.05. The van der Waals surface area contributed by atoms with E-state index in [2.05, 4.69) is 12.7 Å². The van der Waals surface area contributed by atoms with Crippen LogP contribution in [0.1, 0.15) is 6.42 Å². The van der Waals surface area contributed by atoms with Crippen molar-refractivity contribution in [2.24, 2.45) is 23.7 Å². The van der Waals surface area contributed by atoms with Gasteiger partial charge in [-0.3, -0.25) is 21.0 Å². The molecule has 1 aliphatic heterocycles. The number of hydrogen-bond acceptors (Lipinski definition) is 9. The summed E-state index contributed by atoms with van der Waals surface area (Å²) in [5.41, 5.74) is 0.321. The third kappa shape index (κ3) is 3.05. The second kappa shape index (κ2) is 7.18. The summed E-state index contributed by atoms with van der Waals surface area (Å²) in [6, 6.07) is 4.63. The molecule has 8 nitrogen and oxygen atoms in total. The number of hydrogen-bond donors (Lipinski definition) is 0. The molecule has 10 heteroatoms. The molecular weight excluding hydrogens is 491 g/mol. The molecule has 1 aromatic carbocycles. The summed E-state index contributed by atoms with van der Waals surface area (Å²) in [7, 11) is 0. The topological polar surface area (TPSA) is 109 Å². The van der Waals surface area contributed by atoms with Gasteiger partial charge in [0.05, 0.1) is 16.5 Å². The Hall–Kier alpha value is -2.32. The minimum atomic E-state index is -0.774. The van der Waals surface area contributed by atoms with Gasteiger partial charge in [0.1, 0.15) is 23.9 Å². The van der Waals surface area contributed by atoms with Gasteiger partial charge in [-0.2, -0.15) is 0 Å². The van der Waals surface area contributed by atoms with Crippen LogP contribution in [0.15, 0.2) is 34.0 Å². The standard InChI is InChI=1S/C19H13O8S.Rh/c1-2-12(20)26-15-8-6-9-14(18(22)27-16(9)15)13(8)17(21)24-7-3-4-11-10(5-7)25-19(23)28-11;/h3-5,8-9,13-16H,1,6H2;/q-1;. The van der Waals surface area contributed by atoms with Crippen LogP contribution in [-0.4, -0.2) is 30.1 Å². The molecule has 3 fully saturated rings. The first kappa shape index (κ1) is 20.0. The molecular formula is C19H13O8RhS-. The van der Waals surface area contributed by atoms with E-state index in [-0.39, 0.29) is 37.1 Å². The zero-order valence-electron chi connectivity index (χ0n) is 14.6. The van der Waals surface area contributed by atoms with Gasteiger partial charge in [-0.05, 0) is 18.6 Å². The Labute approximate surface area is 180 Å². The smallest absolute Gasteiger partial charge is 0.396 e. The molecule has 29 heavy (non-hydrogen) atoms. The van der Waals surface area contributed by atoms with Crippen molar-refractivity contribution in [1.29, 1.82) is 0 Å². The zero-order chi connectivity index (χ0) is 19.6. The van der Waals surface area contributed by atoms with E-state index in [0.29, 0.717) is 16.7 Å². The van der Waals surface area contributed by atoms with Gasteiger partial charge in [-0.1, -0.05) is 11.3 Å². The van der Waals surface area contributed by atoms with Crippen molar-refractivity contribution in [3.05, 3.63) is 40.6 Å². The van der Waals surface area contributed by atoms with Crippen LogP contribution < -0.4 is 9.68 Å². The monoisotopic (exact) mass is 504 g/mol. The molecule has 2 bridgehead atoms. The Morgan fingerprint density at radius 1 is 1.24 bits per heavy atom. The van der Waals surface area contributed by atoms with Gasteiger partial charge in [-0.25, -0.2) is 4.79 Å². The summed E-state index contributed by atoms with van der Waals surface area (Å²) < 4.78 is 21.8. The predicted molar refractivity (Wildman–Crippen MR) is 93.2 cm³/mol. The van der Waals surface area contributed by atoms with Crippen LogP contribution in [-0.2, 0) is 43.3 Å². The molecule has 2 aromatic rings. The summed E-state index contributed by atoms with van der Waals surface area (Å²) in [4.78, 5) is 47.7. The number of ether oxygens (including phenoxy) is 3. The maximum atomic E-state index is 12.9. The third-order valence-electron chi connectivity index (χ3n) is 5.73. The molecule has 1 saturated heterocycles. The van der Waals surface area contributed by atoms with Crippen molar-refractivity contribution in [2.75, 3.05) is 0 Å². The quantitative estimate of drug-likeness (QED) is 0.203. The first-order valence-electron chi connectivity index (χ1n) is 8.66. The molecule has 1 radical (unpaired) electrons. The molecule has 153 valence electrons. The van der Waals surface area contributed by atoms with Crippen molar-refractivity contribution in [2.45, 2.75) is 18.6 Å². The van der Waals surface area contributed by atoms with Crippen LogP contribution in [0.2, 0.25) is 0 Å². The van der Waals surface area contributed by atoms with Crippen LogP contribution in [0, 0.1) is 29.7 Å². The van der Waals surface area contributed by atoms with E-state index in [4.69, 9.17) is 18.6 Å². The predicted octanol–water partition coefficient (Wildman–Crippen LogP) is 1.47. The Kier molecular flexibility index (Phi) is 4.95. The zero-order valence-corrected chi connectivity index (χ0v) is 17.1. The second-order valence-corrected chi connectivity index (χ2v) is 8.02. The fourth-order valence-corrected chi connectivity index (χ4v) is 5.38. The van der Waals surface area contributed by atoms with Crippen LogP contribution in [0.3, 0.4) is 0 Å². The first-order valence-corrected chi connectivity index (χ1v) is 9.47. The molecule has 2 saturated carbocycles. The van der Waals surface area contributed by atoms with E-state index >= 15 is 0 Å². The van der Waals surface area contributed by atoms with Gasteiger partial charge in [0.15, 0.2) is 5.58 Å². The maximum absolute atomic E-state index is 12.9. The molecule has 0 spiro atoms. The third-order valence-corrected chi connectivity index (χ3v) is 6.53. The van der Waals surface area contributed by atoms with Crippen molar-refractivity contribution >= 4 is 39.5 Å². The number of esters is 3. The van der Waals surface area contributed by atoms with Crippen LogP contribution >= 0.6 is 11.3 Å². The summed E-state index contributed by atoms with van der Waals surface area (Å²) in [5, 5.41) is 0. The number of fused-ring (bicyclic) bond motifs is 2. The molecule has 2 heterocycles. The molecule has 3 aliphatic rings. The van der Waals surface area contributed by atoms with Crippen molar-refractivity contribution in [3.8, 4) is 5.75 Å². The van der Waals surface area contributed by atoms with E-state index in [9.17, 15) is 19.2 Å². The minimum absolute atomic E-state index is 0. The van der Waals surface area contributed by atoms with Crippen LogP contribution in [0.25, 0.3) is 10.3 Å². The van der Waals surface area contributed by atoms with E-state index in [1.165, 1.54) is 6.07 Å². The molecule has 0 N–H and O–H groups in total. The summed E-state index contributed by atoms with van der Waals surface area (Å²) >= 11 is 0.949. The molecule has 5 rings (SSSR count).